The van der Waals surface area contributed by atoms with Gasteiger partial charge in [0.25, 0.3) is 0 Å². The molecule has 0 saturated carbocycles. The van der Waals surface area contributed by atoms with Gasteiger partial charge in [0.05, 0.1) is 0 Å². The Labute approximate surface area is 102 Å². The molecule has 0 aliphatic heterocycles. The quantitative estimate of drug-likeness (QED) is 0.836. The van der Waals surface area contributed by atoms with Crippen LogP contribution in [-0.2, 0) is 0 Å². The summed E-state index contributed by atoms with van der Waals surface area (Å²) in [5.41, 5.74) is 7.41. The fraction of sp³-hybridized carbons (Fsp3) is 0.308. The number of nitrogens with two attached hydrogens (primary N) is 1. The van der Waals surface area contributed by atoms with E-state index in [1.165, 1.54) is 0 Å². The Morgan fingerprint density at radius 1 is 1.35 bits per heavy atom. The third-order valence-corrected chi connectivity index (χ3v) is 2.15. The fourth-order valence-corrected chi connectivity index (χ4v) is 1.37. The van der Waals surface area contributed by atoms with Gasteiger partial charge < -0.3 is 11.1 Å². The average Bonchev–Trinajstić information content (AvgIpc) is 2.34. The molecule has 1 rings (SSSR count). The second kappa shape index (κ2) is 6.70. The van der Waals surface area contributed by atoms with Crippen molar-refractivity contribution in [3.8, 4) is 0 Å². The number of anilines is 1. The monoisotopic (exact) mass is 233 g/mol. The van der Waals surface area contributed by atoms with Gasteiger partial charge in [0, 0.05) is 25.0 Å². The molecule has 0 bridgehead atoms. The topological polar surface area (TPSA) is 58.4 Å². The molecule has 1 aromatic rings. The van der Waals surface area contributed by atoms with Crippen molar-refractivity contribution in [1.29, 1.82) is 0 Å². The highest BCUT2D eigenvalue weighted by Gasteiger charge is 2.12. The summed E-state index contributed by atoms with van der Waals surface area (Å²) < 4.78 is 0. The molecule has 0 aromatic heterocycles. The Balaban J connectivity index is 2.79. The van der Waals surface area contributed by atoms with E-state index in [0.717, 1.165) is 11.3 Å². The van der Waals surface area contributed by atoms with E-state index < -0.39 is 0 Å². The summed E-state index contributed by atoms with van der Waals surface area (Å²) in [6, 6.07) is 9.32. The van der Waals surface area contributed by atoms with Crippen molar-refractivity contribution in [1.82, 2.24) is 5.32 Å². The van der Waals surface area contributed by atoms with E-state index in [9.17, 15) is 4.79 Å². The minimum Gasteiger partial charge on any atom is -0.329 e. The molecule has 4 nitrogen and oxygen atoms in total. The molecule has 92 valence electrons. The molecular formula is C13H19N3O. The van der Waals surface area contributed by atoms with Crippen molar-refractivity contribution in [3.05, 3.63) is 42.1 Å². The number of nitrogens with zero attached hydrogens (tertiary/aromatic N) is 1. The zero-order valence-electron chi connectivity index (χ0n) is 10.3. The molecule has 0 fully saturated rings. The normalized spacial score (nSPS) is 9.59. The molecule has 0 radical (unpaired) electrons. The van der Waals surface area contributed by atoms with E-state index in [0.29, 0.717) is 13.1 Å². The Kier molecular flexibility index (Phi) is 5.23. The van der Waals surface area contributed by atoms with Gasteiger partial charge in [-0.1, -0.05) is 23.8 Å². The molecule has 3 N–H and O–H groups in total. The second-order valence-electron chi connectivity index (χ2n) is 3.95. The number of amides is 2. The van der Waals surface area contributed by atoms with Crippen LogP contribution in [0.3, 0.4) is 0 Å². The summed E-state index contributed by atoms with van der Waals surface area (Å²) in [6.07, 6.45) is 1.69. The first-order valence-electron chi connectivity index (χ1n) is 5.61. The predicted molar refractivity (Wildman–Crippen MR) is 70.8 cm³/mol. The Morgan fingerprint density at radius 3 is 2.53 bits per heavy atom. The molecule has 0 atom stereocenters. The van der Waals surface area contributed by atoms with Crippen molar-refractivity contribution in [2.24, 2.45) is 5.73 Å². The molecule has 0 heterocycles. The lowest BCUT2D eigenvalue weighted by Crippen LogP contribution is -2.40. The zero-order chi connectivity index (χ0) is 12.7. The van der Waals surface area contributed by atoms with Crippen LogP contribution in [0.4, 0.5) is 10.5 Å². The van der Waals surface area contributed by atoms with E-state index in [-0.39, 0.29) is 6.03 Å². The highest BCUT2D eigenvalue weighted by molar-refractivity contribution is 5.92. The van der Waals surface area contributed by atoms with Gasteiger partial charge >= 0.3 is 6.03 Å². The number of carbonyl (C=O) groups is 1. The van der Waals surface area contributed by atoms with Gasteiger partial charge in [-0.3, -0.25) is 4.90 Å². The SMILES string of the molecule is CC(C)=CNC(=O)N(CCN)c1ccccc1. The second-order valence-corrected chi connectivity index (χ2v) is 3.95. The number of hydrogen-bond donors (Lipinski definition) is 2. The summed E-state index contributed by atoms with van der Waals surface area (Å²) >= 11 is 0. The third kappa shape index (κ3) is 4.28. The number of benzene rings is 1. The lowest BCUT2D eigenvalue weighted by Gasteiger charge is -2.21. The van der Waals surface area contributed by atoms with E-state index in [1.807, 2.05) is 44.2 Å². The molecule has 0 unspecified atom stereocenters. The fourth-order valence-electron chi connectivity index (χ4n) is 1.37. The van der Waals surface area contributed by atoms with Crippen LogP contribution in [0.1, 0.15) is 13.8 Å². The van der Waals surface area contributed by atoms with Gasteiger partial charge in [0.1, 0.15) is 0 Å². The molecular weight excluding hydrogens is 214 g/mol. The summed E-state index contributed by atoms with van der Waals surface area (Å²) in [7, 11) is 0. The summed E-state index contributed by atoms with van der Waals surface area (Å²) in [5, 5.41) is 2.73. The van der Waals surface area contributed by atoms with Gasteiger partial charge in [0.15, 0.2) is 0 Å². The summed E-state index contributed by atoms with van der Waals surface area (Å²) in [4.78, 5) is 13.6. The van der Waals surface area contributed by atoms with Gasteiger partial charge in [0.2, 0.25) is 0 Å². The van der Waals surface area contributed by atoms with Gasteiger partial charge in [-0.05, 0) is 26.0 Å². The van der Waals surface area contributed by atoms with Crippen LogP contribution in [0.2, 0.25) is 0 Å². The molecule has 17 heavy (non-hydrogen) atoms. The minimum atomic E-state index is -0.164. The van der Waals surface area contributed by atoms with E-state index in [1.54, 1.807) is 11.1 Å². The van der Waals surface area contributed by atoms with E-state index in [4.69, 9.17) is 5.73 Å². The minimum absolute atomic E-state index is 0.164. The van der Waals surface area contributed by atoms with Crippen LogP contribution in [0.5, 0.6) is 0 Å². The average molecular weight is 233 g/mol. The van der Waals surface area contributed by atoms with Crippen molar-refractivity contribution < 1.29 is 4.79 Å². The molecule has 0 aliphatic carbocycles. The Morgan fingerprint density at radius 2 is 2.00 bits per heavy atom. The molecule has 0 aliphatic rings. The summed E-state index contributed by atoms with van der Waals surface area (Å²) in [5.74, 6) is 0. The van der Waals surface area contributed by atoms with Crippen LogP contribution in [0, 0.1) is 0 Å². The van der Waals surface area contributed by atoms with Crippen LogP contribution in [-0.4, -0.2) is 19.1 Å². The smallest absolute Gasteiger partial charge is 0.325 e. The van der Waals surface area contributed by atoms with Gasteiger partial charge in [-0.25, -0.2) is 4.79 Å². The van der Waals surface area contributed by atoms with Crippen LogP contribution in [0.15, 0.2) is 42.1 Å². The molecule has 0 saturated heterocycles. The molecule has 0 spiro atoms. The van der Waals surface area contributed by atoms with Crippen molar-refractivity contribution in [3.63, 3.8) is 0 Å². The lowest BCUT2D eigenvalue weighted by molar-refractivity contribution is 0.249. The van der Waals surface area contributed by atoms with Crippen molar-refractivity contribution in [2.45, 2.75) is 13.8 Å². The van der Waals surface area contributed by atoms with Crippen molar-refractivity contribution in [2.75, 3.05) is 18.0 Å². The number of hydrogen-bond acceptors (Lipinski definition) is 2. The zero-order valence-corrected chi connectivity index (χ0v) is 10.3. The number of allylic oxidation sites excluding steroid dienone is 1. The maximum absolute atomic E-state index is 12.0. The Bertz CT molecular complexity index is 383. The number of nitrogens with one attached hydrogen (secondary N) is 1. The van der Waals surface area contributed by atoms with E-state index >= 15 is 0 Å². The first-order valence-corrected chi connectivity index (χ1v) is 5.61. The first kappa shape index (κ1) is 13.3. The highest BCUT2D eigenvalue weighted by atomic mass is 16.2. The van der Waals surface area contributed by atoms with Gasteiger partial charge in [-0.2, -0.15) is 0 Å². The van der Waals surface area contributed by atoms with Crippen molar-refractivity contribution >= 4 is 11.7 Å². The molecule has 2 amide bonds. The van der Waals surface area contributed by atoms with Crippen LogP contribution in [0.25, 0.3) is 0 Å². The largest absolute Gasteiger partial charge is 0.329 e. The molecule has 1 aromatic carbocycles. The number of carbonyl (C=O) groups excluding carboxylic acids is 1. The number of rotatable bonds is 4. The number of para-hydroxylation sites is 1. The predicted octanol–water partition coefficient (Wildman–Crippen LogP) is 2.08. The van der Waals surface area contributed by atoms with Crippen LogP contribution < -0.4 is 16.0 Å². The first-order chi connectivity index (χ1) is 8.15. The molecule has 4 heteroatoms. The standard InChI is InChI=1S/C13H19N3O/c1-11(2)10-15-13(17)16(9-8-14)12-6-4-3-5-7-12/h3-7,10H,8-9,14H2,1-2H3,(H,15,17). The number of urea groups is 1. The van der Waals surface area contributed by atoms with Gasteiger partial charge in [-0.15, -0.1) is 0 Å². The lowest BCUT2D eigenvalue weighted by atomic mass is 10.3. The maximum atomic E-state index is 12.0. The third-order valence-electron chi connectivity index (χ3n) is 2.15. The van der Waals surface area contributed by atoms with E-state index in [2.05, 4.69) is 5.32 Å². The Hall–Kier alpha value is -1.81. The summed E-state index contributed by atoms with van der Waals surface area (Å²) in [6.45, 7) is 4.77. The van der Waals surface area contributed by atoms with Crippen LogP contribution >= 0.6 is 0 Å². The highest BCUT2D eigenvalue weighted by Crippen LogP contribution is 2.12. The maximum Gasteiger partial charge on any atom is 0.325 e.